The molecule has 0 saturated carbocycles. The van der Waals surface area contributed by atoms with E-state index in [1.165, 1.54) is 0 Å². The highest BCUT2D eigenvalue weighted by molar-refractivity contribution is 14.1. The predicted octanol–water partition coefficient (Wildman–Crippen LogP) is 3.53. The van der Waals surface area contributed by atoms with Crippen molar-refractivity contribution >= 4 is 22.6 Å². The highest BCUT2D eigenvalue weighted by Gasteiger charge is 2.16. The van der Waals surface area contributed by atoms with Crippen LogP contribution in [0.1, 0.15) is 23.7 Å². The van der Waals surface area contributed by atoms with Crippen molar-refractivity contribution in [2.24, 2.45) is 0 Å². The molecule has 0 spiro atoms. The molecule has 1 N–H and O–H groups in total. The van der Waals surface area contributed by atoms with Crippen LogP contribution >= 0.6 is 22.6 Å². The van der Waals surface area contributed by atoms with Gasteiger partial charge in [-0.3, -0.25) is 0 Å². The molecule has 0 radical (unpaired) electrons. The first-order valence-corrected chi connectivity index (χ1v) is 7.65. The first kappa shape index (κ1) is 13.7. The Kier molecular flexibility index (Phi) is 4.12. The van der Waals surface area contributed by atoms with E-state index in [4.69, 9.17) is 9.47 Å². The number of aliphatic hydroxyl groups is 1. The summed E-state index contributed by atoms with van der Waals surface area (Å²) in [5.41, 5.74) is 1.70. The van der Waals surface area contributed by atoms with E-state index >= 15 is 0 Å². The summed E-state index contributed by atoms with van der Waals surface area (Å²) in [7, 11) is 0. The molecule has 3 nitrogen and oxygen atoms in total. The Morgan fingerprint density at radius 2 is 1.70 bits per heavy atom. The molecule has 1 aliphatic rings. The normalized spacial score (nSPS) is 15.5. The molecule has 2 aromatic rings. The average molecular weight is 382 g/mol. The summed E-state index contributed by atoms with van der Waals surface area (Å²) in [6.45, 7) is 1.32. The van der Waals surface area contributed by atoms with Gasteiger partial charge in [0.15, 0.2) is 11.5 Å². The number of ether oxygens (including phenoxy) is 2. The lowest BCUT2D eigenvalue weighted by Crippen LogP contribution is -2.01. The van der Waals surface area contributed by atoms with E-state index in [0.29, 0.717) is 19.0 Å². The van der Waals surface area contributed by atoms with Gasteiger partial charge < -0.3 is 14.6 Å². The Hall–Kier alpha value is -1.27. The van der Waals surface area contributed by atoms with E-state index in [2.05, 4.69) is 22.6 Å². The predicted molar refractivity (Wildman–Crippen MR) is 85.3 cm³/mol. The molecule has 3 rings (SSSR count). The lowest BCUT2D eigenvalue weighted by molar-refractivity contribution is 0.219. The first-order chi connectivity index (χ1) is 9.74. The van der Waals surface area contributed by atoms with Crippen molar-refractivity contribution in [3.63, 3.8) is 0 Å². The second-order valence-electron chi connectivity index (χ2n) is 4.71. The summed E-state index contributed by atoms with van der Waals surface area (Å²) >= 11 is 2.24. The Labute approximate surface area is 131 Å². The van der Waals surface area contributed by atoms with Crippen LogP contribution in [0.15, 0.2) is 42.5 Å². The van der Waals surface area contributed by atoms with Crippen LogP contribution in [0, 0.1) is 3.57 Å². The van der Waals surface area contributed by atoms with Gasteiger partial charge >= 0.3 is 0 Å². The molecule has 0 aromatic heterocycles. The third-order valence-electron chi connectivity index (χ3n) is 3.25. The summed E-state index contributed by atoms with van der Waals surface area (Å²) < 4.78 is 12.4. The fourth-order valence-corrected chi connectivity index (χ4v) is 2.79. The van der Waals surface area contributed by atoms with Crippen LogP contribution in [0.4, 0.5) is 0 Å². The molecule has 0 fully saturated rings. The third kappa shape index (κ3) is 2.91. The van der Waals surface area contributed by atoms with E-state index in [-0.39, 0.29) is 0 Å². The molecular weight excluding hydrogens is 367 g/mol. The maximum absolute atomic E-state index is 10.5. The van der Waals surface area contributed by atoms with Crippen molar-refractivity contribution in [2.45, 2.75) is 12.5 Å². The third-order valence-corrected chi connectivity index (χ3v) is 3.92. The molecule has 0 saturated heterocycles. The first-order valence-electron chi connectivity index (χ1n) is 6.57. The molecule has 1 heterocycles. The van der Waals surface area contributed by atoms with E-state index in [9.17, 15) is 5.11 Å². The van der Waals surface area contributed by atoms with Crippen LogP contribution in [-0.4, -0.2) is 18.3 Å². The molecule has 0 bridgehead atoms. The van der Waals surface area contributed by atoms with Crippen molar-refractivity contribution < 1.29 is 14.6 Å². The summed E-state index contributed by atoms with van der Waals surface area (Å²) in [5, 5.41) is 10.5. The average Bonchev–Trinajstić information content (AvgIpc) is 2.71. The molecule has 4 heteroatoms. The highest BCUT2D eigenvalue weighted by Crippen LogP contribution is 2.34. The Balaban J connectivity index is 1.92. The lowest BCUT2D eigenvalue weighted by Gasteiger charge is -2.14. The maximum atomic E-state index is 10.5. The topological polar surface area (TPSA) is 38.7 Å². The molecular formula is C16H15IO3. The van der Waals surface area contributed by atoms with E-state index in [1.807, 2.05) is 42.5 Å². The standard InChI is InChI=1S/C16H15IO3/c17-13-4-1-3-11(9-13)16(18)12-5-6-14-15(10-12)20-8-2-7-19-14/h1,3-6,9-10,16,18H,2,7-8H2. The molecule has 1 atom stereocenters. The van der Waals surface area contributed by atoms with Crippen molar-refractivity contribution in [3.8, 4) is 11.5 Å². The Morgan fingerprint density at radius 1 is 0.950 bits per heavy atom. The van der Waals surface area contributed by atoms with Gasteiger partial charge in [0.05, 0.1) is 13.2 Å². The number of hydrogen-bond donors (Lipinski definition) is 1. The van der Waals surface area contributed by atoms with Crippen molar-refractivity contribution in [2.75, 3.05) is 13.2 Å². The van der Waals surface area contributed by atoms with Gasteiger partial charge in [-0.2, -0.15) is 0 Å². The highest BCUT2D eigenvalue weighted by atomic mass is 127. The number of fused-ring (bicyclic) bond motifs is 1. The monoisotopic (exact) mass is 382 g/mol. The van der Waals surface area contributed by atoms with Crippen LogP contribution in [0.25, 0.3) is 0 Å². The molecule has 0 amide bonds. The van der Waals surface area contributed by atoms with Crippen LogP contribution in [-0.2, 0) is 0 Å². The smallest absolute Gasteiger partial charge is 0.161 e. The van der Waals surface area contributed by atoms with Gasteiger partial charge in [-0.15, -0.1) is 0 Å². The van der Waals surface area contributed by atoms with Gasteiger partial charge in [0, 0.05) is 9.99 Å². The number of hydrogen-bond acceptors (Lipinski definition) is 3. The van der Waals surface area contributed by atoms with Crippen LogP contribution in [0.5, 0.6) is 11.5 Å². The van der Waals surface area contributed by atoms with Gasteiger partial charge in [0.2, 0.25) is 0 Å². The van der Waals surface area contributed by atoms with E-state index in [1.54, 1.807) is 0 Å². The van der Waals surface area contributed by atoms with Gasteiger partial charge in [-0.1, -0.05) is 18.2 Å². The van der Waals surface area contributed by atoms with E-state index in [0.717, 1.165) is 26.9 Å². The number of halogens is 1. The Morgan fingerprint density at radius 3 is 2.50 bits per heavy atom. The zero-order valence-electron chi connectivity index (χ0n) is 10.9. The minimum absolute atomic E-state index is 0.649. The molecule has 20 heavy (non-hydrogen) atoms. The van der Waals surface area contributed by atoms with Crippen molar-refractivity contribution in [3.05, 3.63) is 57.2 Å². The molecule has 1 aliphatic heterocycles. The number of rotatable bonds is 2. The van der Waals surface area contributed by atoms with Crippen LogP contribution in [0.3, 0.4) is 0 Å². The second-order valence-corrected chi connectivity index (χ2v) is 5.96. The van der Waals surface area contributed by atoms with Crippen LogP contribution < -0.4 is 9.47 Å². The zero-order valence-corrected chi connectivity index (χ0v) is 13.0. The lowest BCUT2D eigenvalue weighted by atomic mass is 10.0. The minimum Gasteiger partial charge on any atom is -0.490 e. The maximum Gasteiger partial charge on any atom is 0.161 e. The fourth-order valence-electron chi connectivity index (χ4n) is 2.22. The van der Waals surface area contributed by atoms with Gasteiger partial charge in [-0.05, 0) is 58.0 Å². The van der Waals surface area contributed by atoms with E-state index < -0.39 is 6.10 Å². The number of benzene rings is 2. The van der Waals surface area contributed by atoms with Gasteiger partial charge in [-0.25, -0.2) is 0 Å². The fraction of sp³-hybridized carbons (Fsp3) is 0.250. The van der Waals surface area contributed by atoms with Crippen LogP contribution in [0.2, 0.25) is 0 Å². The van der Waals surface area contributed by atoms with Crippen molar-refractivity contribution in [1.82, 2.24) is 0 Å². The molecule has 2 aromatic carbocycles. The summed E-state index contributed by atoms with van der Waals surface area (Å²) in [6, 6.07) is 13.5. The number of aliphatic hydroxyl groups excluding tert-OH is 1. The zero-order chi connectivity index (χ0) is 13.9. The SMILES string of the molecule is OC(c1cccc(I)c1)c1ccc2c(c1)OCCCO2. The summed E-state index contributed by atoms with van der Waals surface area (Å²) in [4.78, 5) is 0. The van der Waals surface area contributed by atoms with Crippen molar-refractivity contribution in [1.29, 1.82) is 0 Å². The quantitative estimate of drug-likeness (QED) is 0.808. The Bertz CT molecular complexity index is 612. The molecule has 104 valence electrons. The summed E-state index contributed by atoms with van der Waals surface area (Å²) in [6.07, 6.45) is 0.227. The largest absolute Gasteiger partial charge is 0.490 e. The molecule has 0 aliphatic carbocycles. The second kappa shape index (κ2) is 6.01. The van der Waals surface area contributed by atoms with Gasteiger partial charge in [0.25, 0.3) is 0 Å². The van der Waals surface area contributed by atoms with Gasteiger partial charge in [0.1, 0.15) is 6.10 Å². The minimum atomic E-state index is -0.651. The molecule has 1 unspecified atom stereocenters. The summed E-state index contributed by atoms with van der Waals surface area (Å²) in [5.74, 6) is 1.46.